The summed E-state index contributed by atoms with van der Waals surface area (Å²) in [6, 6.07) is 13.4. The molecule has 4 heterocycles. The lowest BCUT2D eigenvalue weighted by Gasteiger charge is -2.35. The van der Waals surface area contributed by atoms with Crippen LogP contribution < -0.4 is 14.4 Å². The van der Waals surface area contributed by atoms with E-state index in [1.807, 2.05) is 45.9 Å². The molecule has 52 heavy (non-hydrogen) atoms. The van der Waals surface area contributed by atoms with Crippen LogP contribution in [0.4, 0.5) is 11.8 Å². The number of carbonyl (C=O) groups is 1. The summed E-state index contributed by atoms with van der Waals surface area (Å²) in [5.41, 5.74) is 3.95. The SMILES string of the molecule is Cc1cccc(C)c1-c1cc2nc(n1)NS(=O)(=O)c1cccc(c1)C(=O)N(Cc1cncc(N3CCC[C@H]3COC(C)C)n1)[C@H](CC(C)(C)C)CO2. The number of benzene rings is 2. The maximum Gasteiger partial charge on any atom is 0.264 e. The zero-order chi connectivity index (χ0) is 37.2. The van der Waals surface area contributed by atoms with Gasteiger partial charge in [0.1, 0.15) is 12.4 Å². The summed E-state index contributed by atoms with van der Waals surface area (Å²) in [7, 11) is -4.19. The van der Waals surface area contributed by atoms with Crippen LogP contribution >= 0.6 is 0 Å². The normalized spacial score (nSPS) is 19.0. The summed E-state index contributed by atoms with van der Waals surface area (Å²) in [6.07, 6.45) is 6.17. The van der Waals surface area contributed by atoms with Crippen LogP contribution in [0.25, 0.3) is 11.3 Å². The van der Waals surface area contributed by atoms with E-state index in [2.05, 4.69) is 45.3 Å². The molecule has 1 saturated heterocycles. The van der Waals surface area contributed by atoms with Gasteiger partial charge in [0, 0.05) is 23.7 Å². The molecule has 0 unspecified atom stereocenters. The Kier molecular flexibility index (Phi) is 10.8. The van der Waals surface area contributed by atoms with E-state index < -0.39 is 16.1 Å². The van der Waals surface area contributed by atoms with Crippen molar-refractivity contribution < 1.29 is 22.7 Å². The molecule has 0 spiro atoms. The Morgan fingerprint density at radius 2 is 1.75 bits per heavy atom. The molecule has 6 rings (SSSR count). The number of anilines is 2. The summed E-state index contributed by atoms with van der Waals surface area (Å²) >= 11 is 0. The number of aryl methyl sites for hydroxylation is 2. The minimum absolute atomic E-state index is 0.0843. The van der Waals surface area contributed by atoms with Crippen molar-refractivity contribution in [3.05, 3.63) is 83.3 Å². The van der Waals surface area contributed by atoms with E-state index >= 15 is 0 Å². The minimum atomic E-state index is -4.19. The molecule has 4 aromatic rings. The fourth-order valence-electron chi connectivity index (χ4n) is 6.94. The van der Waals surface area contributed by atoms with Gasteiger partial charge in [0.2, 0.25) is 11.8 Å². The number of rotatable bonds is 8. The monoisotopic (exact) mass is 727 g/mol. The Morgan fingerprint density at radius 1 is 1.00 bits per heavy atom. The first kappa shape index (κ1) is 37.1. The zero-order valence-corrected chi connectivity index (χ0v) is 31.9. The van der Waals surface area contributed by atoms with Crippen molar-refractivity contribution in [1.82, 2.24) is 24.8 Å². The van der Waals surface area contributed by atoms with Gasteiger partial charge >= 0.3 is 0 Å². The fraction of sp³-hybridized carbons (Fsp3) is 0.462. The van der Waals surface area contributed by atoms with Gasteiger partial charge in [0.25, 0.3) is 15.9 Å². The van der Waals surface area contributed by atoms with Crippen molar-refractivity contribution in [2.75, 3.05) is 29.4 Å². The summed E-state index contributed by atoms with van der Waals surface area (Å²) in [5.74, 6) is 0.454. The first-order valence-electron chi connectivity index (χ1n) is 17.9. The number of aromatic nitrogens is 4. The number of fused-ring (bicyclic) bond motifs is 4. The molecule has 1 fully saturated rings. The summed E-state index contributed by atoms with van der Waals surface area (Å²) in [5, 5.41) is 0. The Labute approximate surface area is 307 Å². The van der Waals surface area contributed by atoms with Crippen molar-refractivity contribution in [3.8, 4) is 17.1 Å². The molecule has 2 aliphatic rings. The number of hydrogen-bond acceptors (Lipinski definition) is 10. The number of hydrogen-bond donors (Lipinski definition) is 1. The van der Waals surface area contributed by atoms with Crippen molar-refractivity contribution in [2.24, 2.45) is 5.41 Å². The molecular weight excluding hydrogens is 679 g/mol. The van der Waals surface area contributed by atoms with Crippen molar-refractivity contribution in [3.63, 3.8) is 0 Å². The van der Waals surface area contributed by atoms with Gasteiger partial charge in [-0.05, 0) is 81.7 Å². The highest BCUT2D eigenvalue weighted by atomic mass is 32.2. The average molecular weight is 728 g/mol. The van der Waals surface area contributed by atoms with Gasteiger partial charge in [-0.2, -0.15) is 4.98 Å². The molecule has 1 N–H and O–H groups in total. The molecule has 12 nitrogen and oxygen atoms in total. The standard InChI is InChI=1S/C39H49N7O5S/c1-25(2)50-23-30-14-10-16-45(30)34-21-40-20-29(41-34)22-46-31(19-39(5,6)7)24-51-35-18-33(36-26(3)11-8-12-27(36)4)42-38(43-35)44-52(48,49)32-15-9-13-28(17-32)37(46)47/h8-9,11-13,15,17-18,20-21,25,30-31H,10,14,16,19,22-24H2,1-7H3,(H,42,43,44)/t30-,31+/m0/s1. The predicted octanol–water partition coefficient (Wildman–Crippen LogP) is 6.58. The topological polar surface area (TPSA) is 140 Å². The lowest BCUT2D eigenvalue weighted by Crippen LogP contribution is -2.45. The number of nitrogens with one attached hydrogen (secondary N) is 1. The highest BCUT2D eigenvalue weighted by Crippen LogP contribution is 2.32. The first-order chi connectivity index (χ1) is 24.7. The molecule has 2 aromatic heterocycles. The van der Waals surface area contributed by atoms with E-state index in [0.717, 1.165) is 41.9 Å². The van der Waals surface area contributed by atoms with Crippen LogP contribution in [0, 0.1) is 19.3 Å². The summed E-state index contributed by atoms with van der Waals surface area (Å²) in [4.78, 5) is 37.2. The maximum atomic E-state index is 14.6. The van der Waals surface area contributed by atoms with Gasteiger partial charge < -0.3 is 19.3 Å². The summed E-state index contributed by atoms with van der Waals surface area (Å²) in [6.45, 7) is 16.0. The van der Waals surface area contributed by atoms with Crippen molar-refractivity contribution in [2.45, 2.75) is 97.4 Å². The molecule has 0 aliphatic carbocycles. The molecule has 13 heteroatoms. The largest absolute Gasteiger partial charge is 0.475 e. The molecule has 276 valence electrons. The highest BCUT2D eigenvalue weighted by molar-refractivity contribution is 7.92. The molecule has 0 saturated carbocycles. The Bertz CT molecular complexity index is 2010. The van der Waals surface area contributed by atoms with Gasteiger partial charge in [-0.15, -0.1) is 0 Å². The molecule has 0 radical (unpaired) electrons. The molecule has 1 amide bonds. The Morgan fingerprint density at radius 3 is 2.48 bits per heavy atom. The van der Waals surface area contributed by atoms with E-state index in [9.17, 15) is 13.2 Å². The van der Waals surface area contributed by atoms with Crippen LogP contribution in [0.1, 0.15) is 81.1 Å². The molecular formula is C39H49N7O5S. The average Bonchev–Trinajstić information content (AvgIpc) is 3.56. The quantitative estimate of drug-likeness (QED) is 0.212. The third kappa shape index (κ3) is 8.70. The van der Waals surface area contributed by atoms with E-state index in [4.69, 9.17) is 14.5 Å². The van der Waals surface area contributed by atoms with Gasteiger partial charge in [0.05, 0.1) is 60.0 Å². The number of ether oxygens (including phenoxy) is 2. The van der Waals surface area contributed by atoms with Gasteiger partial charge in [-0.25, -0.2) is 23.1 Å². The zero-order valence-electron chi connectivity index (χ0n) is 31.1. The van der Waals surface area contributed by atoms with Gasteiger partial charge in [-0.1, -0.05) is 45.0 Å². The second kappa shape index (κ2) is 15.2. The Balaban J connectivity index is 1.43. The first-order valence-corrected chi connectivity index (χ1v) is 19.4. The van der Waals surface area contributed by atoms with Crippen LogP contribution in [-0.4, -0.2) is 77.1 Å². The lowest BCUT2D eigenvalue weighted by molar-refractivity contribution is 0.0509. The van der Waals surface area contributed by atoms with Crippen LogP contribution in [0.15, 0.2) is 65.8 Å². The number of nitrogens with zero attached hydrogens (tertiary/aromatic N) is 6. The number of sulfonamides is 1. The van der Waals surface area contributed by atoms with E-state index in [1.165, 1.54) is 12.1 Å². The maximum absolute atomic E-state index is 14.6. The second-order valence-corrected chi connectivity index (χ2v) is 16.9. The summed E-state index contributed by atoms with van der Waals surface area (Å²) < 4.78 is 42.5. The van der Waals surface area contributed by atoms with Gasteiger partial charge in [-0.3, -0.25) is 9.78 Å². The fourth-order valence-corrected chi connectivity index (χ4v) is 7.93. The molecule has 2 aromatic carbocycles. The molecule has 2 atom stereocenters. The van der Waals surface area contributed by atoms with E-state index in [1.54, 1.807) is 35.5 Å². The molecule has 2 aliphatic heterocycles. The van der Waals surface area contributed by atoms with Crippen LogP contribution in [0.3, 0.4) is 0 Å². The van der Waals surface area contributed by atoms with E-state index in [0.29, 0.717) is 24.4 Å². The third-order valence-electron chi connectivity index (χ3n) is 9.33. The van der Waals surface area contributed by atoms with Crippen LogP contribution in [-0.2, 0) is 21.3 Å². The molecule has 4 bridgehead atoms. The van der Waals surface area contributed by atoms with E-state index in [-0.39, 0.29) is 58.9 Å². The van der Waals surface area contributed by atoms with Crippen LogP contribution in [0.2, 0.25) is 0 Å². The van der Waals surface area contributed by atoms with Gasteiger partial charge in [0.15, 0.2) is 0 Å². The third-order valence-corrected chi connectivity index (χ3v) is 10.7. The number of carbonyl (C=O) groups excluding carboxylic acids is 1. The number of amides is 1. The van der Waals surface area contributed by atoms with Crippen molar-refractivity contribution >= 4 is 27.7 Å². The second-order valence-electron chi connectivity index (χ2n) is 15.2. The Hall–Kier alpha value is -4.62. The minimum Gasteiger partial charge on any atom is -0.475 e. The highest BCUT2D eigenvalue weighted by Gasteiger charge is 2.33. The van der Waals surface area contributed by atoms with Crippen LogP contribution in [0.5, 0.6) is 5.88 Å². The predicted molar refractivity (Wildman–Crippen MR) is 201 cm³/mol. The smallest absolute Gasteiger partial charge is 0.264 e. The van der Waals surface area contributed by atoms with Crippen molar-refractivity contribution in [1.29, 1.82) is 0 Å². The lowest BCUT2D eigenvalue weighted by atomic mass is 9.87.